The van der Waals surface area contributed by atoms with Crippen LogP contribution in [0.15, 0.2) is 120 Å². The molecule has 129 heavy (non-hydrogen) atoms. The number of aliphatic hydroxyl groups excluding tert-OH is 6. The standard InChI is InChI=1S/C82H90Cl2F3N15O27/c1-32(2)20-45(90-5)71(114)98-62-64(109)36-9-14-49(43(83)23-36)124-51-25-38-26-52(68(51)128-78-69(67(112)66(111)53(31-103)126-78)127-57-30-81(4,70(113)33(3)123-57)91-17-19-102-18-16-55(94-80(102)122)93-56(108)21-34-6-11-40(12-7-34)129-82(85,86)87)125-50-15-10-37(24-44(50)84)65(110)63-76(119)97-61(77(120)100-101-79(89)121)42-27-39(104)28-48(106)58(42)41-22-35(8-13-47(41)105)59(73(116)99-63)96-74(117)60(38)95-72(115)46(29-54(88)107)92-75(62)118/h6-16,18,22-28,32-33,45-46,53,57,59-67,69-70,78,90-91,103-106,109-113H,17,19-21,29-31H2,1-5H3,(H2,88,107)(H,92,118)(H,95,115)(H,96,117)(H,97,119)(H,98,114)(H,99,116)(H,100,120)(H3,89,101,121)(H,93,94,108,122). The third-order valence-corrected chi connectivity index (χ3v) is 22.2. The SMILES string of the molecule is CNC(CC(C)C)C(=O)NC1C(=O)NC(CC(N)=O)C(=O)NC2C(=O)NC3C(=O)NC(C(=O)NC(C(=O)NNC(N)=O)c4cc(O)cc(O)c4-c4cc3ccc4O)C(O)c3ccc(c(Cl)c3)Oc3cc2cc(c3OC2OC(CO)C(O)C(O)C2OC2CC(C)(NCCn3ccc(NC(=O)Cc4ccc(OC(F)(F)F)cc4)nc3=O)C(O)C(C)O2)Oc2ccc(cc2Cl)C1O. The van der Waals surface area contributed by atoms with Crippen molar-refractivity contribution in [3.8, 4) is 62.9 Å². The number of anilines is 1. The van der Waals surface area contributed by atoms with E-state index in [0.717, 1.165) is 89.5 Å². The number of hydrogen-bond acceptors (Lipinski definition) is 30. The molecule has 0 spiro atoms. The summed E-state index contributed by atoms with van der Waals surface area (Å²) < 4.78 is 82.5. The van der Waals surface area contributed by atoms with Crippen LogP contribution in [-0.2, 0) is 70.3 Å². The number of fused-ring (bicyclic) bond motifs is 15. The smallest absolute Gasteiger partial charge is 0.508 e. The molecule has 690 valence electrons. The van der Waals surface area contributed by atoms with Gasteiger partial charge in [0.15, 0.2) is 23.9 Å². The molecule has 24 N–H and O–H groups in total. The molecule has 18 atom stereocenters. The molecule has 0 saturated carbocycles. The zero-order chi connectivity index (χ0) is 93.7. The first-order chi connectivity index (χ1) is 61.0. The zero-order valence-electron chi connectivity index (χ0n) is 68.6. The maximum atomic E-state index is 16.3. The number of ether oxygens (including phenoxy) is 7. The van der Waals surface area contributed by atoms with E-state index < -0.39 is 283 Å². The van der Waals surface area contributed by atoms with E-state index in [1.54, 1.807) is 20.8 Å². The molecule has 2 saturated heterocycles. The number of carbonyl (C=O) groups excluding carboxylic acids is 10. The number of halogens is 5. The lowest BCUT2D eigenvalue weighted by molar-refractivity contribution is -0.334. The second-order valence-electron chi connectivity index (χ2n) is 31.4. The number of hydrogen-bond donors (Lipinski definition) is 22. The van der Waals surface area contributed by atoms with E-state index in [9.17, 15) is 87.9 Å². The Morgan fingerprint density at radius 1 is 0.713 bits per heavy atom. The first kappa shape index (κ1) is 95.3. The van der Waals surface area contributed by atoms with Gasteiger partial charge in [0.2, 0.25) is 59.3 Å². The van der Waals surface area contributed by atoms with Crippen LogP contribution in [0.5, 0.6) is 51.7 Å². The fourth-order valence-electron chi connectivity index (χ4n) is 15.2. The first-order valence-electron chi connectivity index (χ1n) is 39.7. The monoisotopic (exact) mass is 1840 g/mol. The van der Waals surface area contributed by atoms with Crippen molar-refractivity contribution in [3.63, 3.8) is 0 Å². The van der Waals surface area contributed by atoms with Crippen molar-refractivity contribution in [1.29, 1.82) is 0 Å². The van der Waals surface area contributed by atoms with Gasteiger partial charge in [-0.05, 0) is 139 Å². The van der Waals surface area contributed by atoms with Gasteiger partial charge in [0.05, 0.1) is 47.7 Å². The minimum Gasteiger partial charge on any atom is -0.508 e. The summed E-state index contributed by atoms with van der Waals surface area (Å²) in [7, 11) is 1.45. The number of phenolic OH excluding ortho intramolecular Hbond substituents is 3. The topological polar surface area (TPSA) is 637 Å². The largest absolute Gasteiger partial charge is 0.573 e. The molecule has 47 heteroatoms. The normalized spacial score (nSPS) is 25.5. The van der Waals surface area contributed by atoms with E-state index in [-0.39, 0.29) is 55.2 Å². The number of nitrogens with one attached hydrogen (secondary N) is 11. The maximum absolute atomic E-state index is 16.3. The third-order valence-electron chi connectivity index (χ3n) is 21.6. The number of urea groups is 1. The van der Waals surface area contributed by atoms with Crippen molar-refractivity contribution in [3.05, 3.63) is 169 Å². The van der Waals surface area contributed by atoms with Gasteiger partial charge in [-0.3, -0.25) is 53.1 Å². The third kappa shape index (κ3) is 22.3. The van der Waals surface area contributed by atoms with E-state index in [1.807, 2.05) is 10.9 Å². The van der Waals surface area contributed by atoms with Gasteiger partial charge in [0.25, 0.3) is 5.91 Å². The van der Waals surface area contributed by atoms with Crippen molar-refractivity contribution in [2.45, 2.75) is 176 Å². The van der Waals surface area contributed by atoms with Gasteiger partial charge in [-0.2, -0.15) is 4.98 Å². The molecule has 11 bridgehead atoms. The number of rotatable bonds is 21. The van der Waals surface area contributed by atoms with Crippen LogP contribution in [-0.4, -0.2) is 220 Å². The van der Waals surface area contributed by atoms with Crippen molar-refractivity contribution in [2.75, 3.05) is 25.5 Å². The number of hydrazine groups is 1. The van der Waals surface area contributed by atoms with Crippen LogP contribution in [0.4, 0.5) is 23.8 Å². The minimum atomic E-state index is -4.95. The molecule has 0 radical (unpaired) electrons. The Balaban J connectivity index is 0.980. The second kappa shape index (κ2) is 39.9. The van der Waals surface area contributed by atoms with Gasteiger partial charge < -0.3 is 138 Å². The molecule has 18 unspecified atom stereocenters. The van der Waals surface area contributed by atoms with Gasteiger partial charge in [0, 0.05) is 48.4 Å². The Bertz CT molecular complexity index is 5530. The summed E-state index contributed by atoms with van der Waals surface area (Å²) in [4.78, 5) is 162. The number of amides is 11. The number of benzene rings is 6. The molecule has 2 fully saturated rings. The van der Waals surface area contributed by atoms with Crippen LogP contribution in [0.25, 0.3) is 11.1 Å². The number of nitrogens with zero attached hydrogens (tertiary/aromatic N) is 2. The quantitative estimate of drug-likeness (QED) is 0.0440. The Morgan fingerprint density at radius 3 is 1.96 bits per heavy atom. The lowest BCUT2D eigenvalue weighted by atomic mass is 9.85. The molecule has 7 aromatic rings. The van der Waals surface area contributed by atoms with Crippen LogP contribution in [0.2, 0.25) is 10.0 Å². The highest BCUT2D eigenvalue weighted by Crippen LogP contribution is 2.50. The maximum Gasteiger partial charge on any atom is 0.573 e. The fraction of sp³-hybridized carbons (Fsp3) is 0.390. The number of carbonyl (C=O) groups is 10. The highest BCUT2D eigenvalue weighted by atomic mass is 35.5. The van der Waals surface area contributed by atoms with E-state index in [2.05, 4.69) is 57.6 Å². The molecule has 7 aliphatic rings. The van der Waals surface area contributed by atoms with E-state index >= 15 is 24.0 Å². The van der Waals surface area contributed by atoms with Crippen LogP contribution >= 0.6 is 23.2 Å². The van der Waals surface area contributed by atoms with Gasteiger partial charge in [-0.25, -0.2) is 15.0 Å². The van der Waals surface area contributed by atoms with Gasteiger partial charge >= 0.3 is 18.1 Å². The number of likely N-dealkylation sites (N-methyl/N-ethyl adjacent to an activating group) is 1. The van der Waals surface area contributed by atoms with Gasteiger partial charge in [0.1, 0.15) is 107 Å². The number of primary amides is 2. The summed E-state index contributed by atoms with van der Waals surface area (Å²) in [5, 5.41) is 129. The van der Waals surface area contributed by atoms with Crippen molar-refractivity contribution in [1.82, 2.24) is 62.9 Å². The molecular formula is C82H90Cl2F3N15O27. The Morgan fingerprint density at radius 2 is 1.35 bits per heavy atom. The highest BCUT2D eigenvalue weighted by molar-refractivity contribution is 6.32. The zero-order valence-corrected chi connectivity index (χ0v) is 70.1. The summed E-state index contributed by atoms with van der Waals surface area (Å²) in [6.45, 7) is 5.28. The van der Waals surface area contributed by atoms with E-state index in [1.165, 1.54) is 44.4 Å². The van der Waals surface area contributed by atoms with Crippen molar-refractivity contribution < 1.29 is 140 Å². The van der Waals surface area contributed by atoms with Crippen LogP contribution < -0.4 is 94.8 Å². The summed E-state index contributed by atoms with van der Waals surface area (Å²) in [5.41, 5.74) is 9.67. The highest BCUT2D eigenvalue weighted by Gasteiger charge is 2.53. The Labute approximate surface area is 738 Å². The van der Waals surface area contributed by atoms with Crippen molar-refractivity contribution >= 4 is 88.2 Å². The lowest BCUT2D eigenvalue weighted by Crippen LogP contribution is -2.65. The Hall–Kier alpha value is -12.8. The molecule has 6 aromatic carbocycles. The molecule has 11 amide bonds. The molecule has 1 aromatic heterocycles. The first-order valence-corrected chi connectivity index (χ1v) is 40.5. The number of aromatic hydroxyl groups is 3. The molecular weight excluding hydrogens is 1750 g/mol. The number of phenols is 3. The molecule has 7 aliphatic heterocycles. The van der Waals surface area contributed by atoms with Crippen LogP contribution in [0, 0.1) is 5.92 Å². The lowest BCUT2D eigenvalue weighted by Gasteiger charge is -2.48. The number of aliphatic hydroxyl groups is 6. The predicted octanol–water partition coefficient (Wildman–Crippen LogP) is 0.689. The Kier molecular flexibility index (Phi) is 29.5. The van der Waals surface area contributed by atoms with Gasteiger partial charge in [-0.15, -0.1) is 13.2 Å². The summed E-state index contributed by atoms with van der Waals surface area (Å²) >= 11 is 14.3. The second-order valence-corrected chi connectivity index (χ2v) is 32.2. The minimum absolute atomic E-state index is 0.108. The van der Waals surface area contributed by atoms with E-state index in [4.69, 9.17) is 63.1 Å². The van der Waals surface area contributed by atoms with Crippen molar-refractivity contribution in [2.24, 2.45) is 17.4 Å². The van der Waals surface area contributed by atoms with Crippen LogP contribution in [0.3, 0.4) is 0 Å². The molecule has 42 nitrogen and oxygen atoms in total. The van der Waals surface area contributed by atoms with Crippen LogP contribution in [0.1, 0.15) is 111 Å². The fourth-order valence-corrected chi connectivity index (χ4v) is 15.6. The summed E-state index contributed by atoms with van der Waals surface area (Å²) in [6, 6.07) is 2.93. The van der Waals surface area contributed by atoms with E-state index in [0.29, 0.717) is 5.56 Å². The summed E-state index contributed by atoms with van der Waals surface area (Å²) in [5.74, 6) is -17.8. The molecule has 14 rings (SSSR count). The average molecular weight is 1850 g/mol. The molecule has 0 aliphatic carbocycles. The number of nitrogens with two attached hydrogens (primary N) is 2. The molecule has 8 heterocycles. The number of alkyl halides is 3. The summed E-state index contributed by atoms with van der Waals surface area (Å²) in [6.07, 6.45) is -24.1. The predicted molar refractivity (Wildman–Crippen MR) is 440 cm³/mol. The van der Waals surface area contributed by atoms with Gasteiger partial charge in [-0.1, -0.05) is 67.4 Å². The average Bonchev–Trinajstić information content (AvgIpc) is 0.764. The number of aromatic nitrogens is 2.